The van der Waals surface area contributed by atoms with Crippen molar-refractivity contribution in [3.63, 3.8) is 0 Å². The van der Waals surface area contributed by atoms with Gasteiger partial charge in [0.2, 0.25) is 0 Å². The zero-order valence-corrected chi connectivity index (χ0v) is 15.0. The molecule has 134 valence electrons. The molecule has 1 aromatic heterocycles. The molecule has 0 aliphatic heterocycles. The Morgan fingerprint density at radius 2 is 2.12 bits per heavy atom. The second kappa shape index (κ2) is 9.74. The highest BCUT2D eigenvalue weighted by Crippen LogP contribution is 2.07. The number of benzene rings is 1. The number of carbonyl (C=O) groups is 1. The third kappa shape index (κ3) is 5.83. The third-order valence-corrected chi connectivity index (χ3v) is 3.88. The number of hydrogen-bond donors (Lipinski definition) is 0. The molecule has 6 heteroatoms. The van der Waals surface area contributed by atoms with E-state index < -0.39 is 0 Å². The topological polar surface area (TPSA) is 60.2 Å². The fourth-order valence-corrected chi connectivity index (χ4v) is 2.60. The van der Waals surface area contributed by atoms with Crippen LogP contribution < -0.4 is 10.7 Å². The van der Waals surface area contributed by atoms with Crippen molar-refractivity contribution < 1.29 is 9.53 Å². The number of esters is 1. The molecule has 0 unspecified atom stereocenters. The highest BCUT2D eigenvalue weighted by molar-refractivity contribution is 5.69. The van der Waals surface area contributed by atoms with Gasteiger partial charge >= 0.3 is 5.97 Å². The normalized spacial score (nSPS) is 11.9. The van der Waals surface area contributed by atoms with E-state index in [1.54, 1.807) is 4.68 Å². The van der Waals surface area contributed by atoms with E-state index in [1.165, 1.54) is 5.56 Å². The first kappa shape index (κ1) is 18.9. The van der Waals surface area contributed by atoms with Gasteiger partial charge in [0.1, 0.15) is 5.35 Å². The van der Waals surface area contributed by atoms with Crippen LogP contribution in [0.15, 0.2) is 30.3 Å². The van der Waals surface area contributed by atoms with E-state index >= 15 is 0 Å². The molecule has 0 bridgehead atoms. The van der Waals surface area contributed by atoms with E-state index in [9.17, 15) is 4.79 Å². The van der Waals surface area contributed by atoms with Crippen molar-refractivity contribution in [2.45, 2.75) is 39.9 Å². The van der Waals surface area contributed by atoms with Gasteiger partial charge in [-0.2, -0.15) is 0 Å². The van der Waals surface area contributed by atoms with E-state index in [1.807, 2.05) is 38.1 Å². The molecule has 0 N–H and O–H groups in total. The Morgan fingerprint density at radius 3 is 2.76 bits per heavy atom. The first-order valence-corrected chi connectivity index (χ1v) is 8.60. The molecular formula is C19H26N4O2. The maximum Gasteiger partial charge on any atom is 0.305 e. The van der Waals surface area contributed by atoms with Crippen molar-refractivity contribution in [3.05, 3.63) is 46.6 Å². The summed E-state index contributed by atoms with van der Waals surface area (Å²) in [5, 5.41) is 9.90. The van der Waals surface area contributed by atoms with Crippen LogP contribution >= 0.6 is 0 Å². The van der Waals surface area contributed by atoms with E-state index in [4.69, 9.17) is 4.74 Å². The van der Waals surface area contributed by atoms with Crippen molar-refractivity contribution in [2.75, 3.05) is 13.2 Å². The first-order valence-electron chi connectivity index (χ1n) is 8.60. The summed E-state index contributed by atoms with van der Waals surface area (Å²) in [5.74, 6) is -0.149. The fraction of sp³-hybridized carbons (Fsp3) is 0.421. The van der Waals surface area contributed by atoms with Crippen LogP contribution in [0.4, 0.5) is 0 Å². The summed E-state index contributed by atoms with van der Waals surface area (Å²) in [6.45, 7) is 10.3. The predicted molar refractivity (Wildman–Crippen MR) is 97.7 cm³/mol. The van der Waals surface area contributed by atoms with Gasteiger partial charge in [-0.3, -0.25) is 9.69 Å². The zero-order chi connectivity index (χ0) is 18.1. The van der Waals surface area contributed by atoms with Crippen LogP contribution in [0.25, 0.3) is 12.7 Å². The smallest absolute Gasteiger partial charge is 0.305 e. The molecule has 0 fully saturated rings. The van der Waals surface area contributed by atoms with Crippen molar-refractivity contribution >= 4 is 18.6 Å². The number of aromatic nitrogens is 3. The van der Waals surface area contributed by atoms with Gasteiger partial charge in [0.25, 0.3) is 0 Å². The molecule has 1 heterocycles. The average Bonchev–Trinajstić information content (AvgIpc) is 2.96. The molecule has 0 spiro atoms. The van der Waals surface area contributed by atoms with Crippen LogP contribution in [0.5, 0.6) is 0 Å². The summed E-state index contributed by atoms with van der Waals surface area (Å²) in [7, 11) is 0. The molecule has 0 saturated carbocycles. The van der Waals surface area contributed by atoms with Crippen molar-refractivity contribution in [2.24, 2.45) is 0 Å². The summed E-state index contributed by atoms with van der Waals surface area (Å²) >= 11 is 0. The fourth-order valence-electron chi connectivity index (χ4n) is 2.60. The standard InChI is InChI=1S/C19H26N4O2/c1-4-18-16(3)23(21-20-18)15-22(13-9-12-19(24)25-5-2)14-17-10-7-6-8-11-17/h4,6-8,10-11H,3,5,9,12-15H2,1-2H3/b18-4+. The average molecular weight is 342 g/mol. The van der Waals surface area contributed by atoms with Crippen LogP contribution in [0.1, 0.15) is 32.3 Å². The molecule has 25 heavy (non-hydrogen) atoms. The van der Waals surface area contributed by atoms with Crippen molar-refractivity contribution in [1.82, 2.24) is 19.9 Å². The van der Waals surface area contributed by atoms with Gasteiger partial charge in [-0.25, -0.2) is 4.68 Å². The summed E-state index contributed by atoms with van der Waals surface area (Å²) in [4.78, 5) is 13.8. The van der Waals surface area contributed by atoms with Gasteiger partial charge in [0.15, 0.2) is 0 Å². The summed E-state index contributed by atoms with van der Waals surface area (Å²) in [6, 6.07) is 10.2. The van der Waals surface area contributed by atoms with E-state index in [0.717, 1.165) is 30.2 Å². The molecule has 0 atom stereocenters. The summed E-state index contributed by atoms with van der Waals surface area (Å²) in [5.41, 5.74) is 1.21. The van der Waals surface area contributed by atoms with Crippen LogP contribution in [0.2, 0.25) is 0 Å². The van der Waals surface area contributed by atoms with Crippen LogP contribution in [0.3, 0.4) is 0 Å². The Balaban J connectivity index is 2.04. The first-order chi connectivity index (χ1) is 12.1. The molecule has 0 saturated heterocycles. The second-order valence-corrected chi connectivity index (χ2v) is 5.80. The lowest BCUT2D eigenvalue weighted by molar-refractivity contribution is -0.143. The Morgan fingerprint density at radius 1 is 1.36 bits per heavy atom. The number of carbonyl (C=O) groups excluding carboxylic acids is 1. The second-order valence-electron chi connectivity index (χ2n) is 5.80. The molecule has 0 aliphatic rings. The minimum atomic E-state index is -0.149. The summed E-state index contributed by atoms with van der Waals surface area (Å²) in [6.07, 6.45) is 3.05. The lowest BCUT2D eigenvalue weighted by Gasteiger charge is -2.22. The van der Waals surface area contributed by atoms with E-state index in [2.05, 4.69) is 33.9 Å². The lowest BCUT2D eigenvalue weighted by Crippen LogP contribution is -2.35. The summed E-state index contributed by atoms with van der Waals surface area (Å²) < 4.78 is 6.79. The maximum atomic E-state index is 11.6. The van der Waals surface area contributed by atoms with Gasteiger partial charge in [0.05, 0.1) is 18.6 Å². The monoisotopic (exact) mass is 342 g/mol. The van der Waals surface area contributed by atoms with Gasteiger partial charge in [-0.05, 0) is 25.8 Å². The van der Waals surface area contributed by atoms with Crippen molar-refractivity contribution in [3.8, 4) is 0 Å². The zero-order valence-electron chi connectivity index (χ0n) is 15.0. The van der Waals surface area contributed by atoms with Crippen LogP contribution in [0, 0.1) is 0 Å². The minimum absolute atomic E-state index is 0.149. The highest BCUT2D eigenvalue weighted by atomic mass is 16.5. The number of hydrogen-bond acceptors (Lipinski definition) is 5. The number of ether oxygens (including phenoxy) is 1. The molecule has 2 rings (SSSR count). The maximum absolute atomic E-state index is 11.6. The largest absolute Gasteiger partial charge is 0.466 e. The van der Waals surface area contributed by atoms with Crippen molar-refractivity contribution in [1.29, 1.82) is 0 Å². The van der Waals surface area contributed by atoms with Gasteiger partial charge in [0, 0.05) is 19.5 Å². The molecule has 0 aliphatic carbocycles. The molecule has 1 aromatic carbocycles. The highest BCUT2D eigenvalue weighted by Gasteiger charge is 2.10. The lowest BCUT2D eigenvalue weighted by atomic mass is 10.2. The van der Waals surface area contributed by atoms with E-state index in [0.29, 0.717) is 19.7 Å². The Kier molecular flexibility index (Phi) is 7.35. The Labute approximate surface area is 148 Å². The van der Waals surface area contributed by atoms with E-state index in [-0.39, 0.29) is 5.97 Å². The predicted octanol–water partition coefficient (Wildman–Crippen LogP) is 1.29. The third-order valence-electron chi connectivity index (χ3n) is 3.88. The molecule has 0 radical (unpaired) electrons. The SMILES string of the molecule is C=c1/c(=C\C)nnn1CN(CCCC(=O)OCC)Cc1ccccc1. The minimum Gasteiger partial charge on any atom is -0.466 e. The quantitative estimate of drug-likeness (QED) is 0.643. The van der Waals surface area contributed by atoms with Gasteiger partial charge < -0.3 is 4.74 Å². The Bertz CT molecular complexity index is 770. The van der Waals surface area contributed by atoms with Crippen LogP contribution in [-0.2, 0) is 22.7 Å². The molecular weight excluding hydrogens is 316 g/mol. The van der Waals surface area contributed by atoms with Gasteiger partial charge in [-0.15, -0.1) is 5.10 Å². The molecule has 2 aromatic rings. The van der Waals surface area contributed by atoms with Crippen LogP contribution in [-0.4, -0.2) is 39.0 Å². The Hall–Kier alpha value is -2.47. The number of nitrogens with zero attached hydrogens (tertiary/aromatic N) is 4. The molecule has 6 nitrogen and oxygen atoms in total. The number of rotatable bonds is 9. The van der Waals surface area contributed by atoms with Gasteiger partial charge in [-0.1, -0.05) is 48.2 Å². The molecule has 0 amide bonds.